The first-order valence-electron chi connectivity index (χ1n) is 36.5. The van der Waals surface area contributed by atoms with Crippen molar-refractivity contribution in [3.8, 4) is 0 Å². The number of benzene rings is 6. The Hall–Kier alpha value is -11.6. The van der Waals surface area contributed by atoms with Gasteiger partial charge in [-0.05, 0) is 115 Å². The number of hydrogen-bond acceptors (Lipinski definition) is 17. The lowest BCUT2D eigenvalue weighted by molar-refractivity contribution is -0.135. The van der Waals surface area contributed by atoms with Crippen LogP contribution in [0.4, 0.5) is 0 Å². The van der Waals surface area contributed by atoms with E-state index in [4.69, 9.17) is 45.9 Å². The minimum atomic E-state index is -1.27. The van der Waals surface area contributed by atoms with Gasteiger partial charge in [-0.3, -0.25) is 72.0 Å². The number of hydrogen-bond donors (Lipinski definition) is 11. The Morgan fingerprint density at radius 2 is 0.752 bits per heavy atom. The summed E-state index contributed by atoms with van der Waals surface area (Å²) in [4.78, 5) is 181. The van der Waals surface area contributed by atoms with Gasteiger partial charge in [-0.15, -0.1) is 0 Å². The molecule has 578 valence electrons. The Morgan fingerprint density at radius 3 is 1.16 bits per heavy atom. The summed E-state index contributed by atoms with van der Waals surface area (Å²) in [6, 6.07) is 45.3. The molecule has 0 aromatic heterocycles. The molecule has 0 bridgehead atoms. The first-order chi connectivity index (χ1) is 52.2. The third kappa shape index (κ3) is 25.5. The lowest BCUT2D eigenvalue weighted by Gasteiger charge is -2.36. The molecule has 0 spiro atoms. The van der Waals surface area contributed by atoms with Crippen molar-refractivity contribution >= 4 is 82.3 Å². The van der Waals surface area contributed by atoms with Crippen molar-refractivity contribution in [2.24, 2.45) is 63.6 Å². The second-order valence-electron chi connectivity index (χ2n) is 27.7. The maximum atomic E-state index is 13.7. The predicted octanol–water partition coefficient (Wildman–Crippen LogP) is 2.66. The van der Waals surface area contributed by atoms with Gasteiger partial charge in [-0.1, -0.05) is 152 Å². The molecule has 6 aromatic carbocycles. The minimum Gasteiger partial charge on any atom is -0.370 e. The zero-order valence-corrected chi connectivity index (χ0v) is 61.3. The fourth-order valence-electron chi connectivity index (χ4n) is 13.6. The van der Waals surface area contributed by atoms with Crippen molar-refractivity contribution in [2.45, 2.75) is 166 Å². The number of carbonyl (C=O) groups is 14. The molecule has 9 rings (SSSR count). The van der Waals surface area contributed by atoms with Crippen LogP contribution in [0.2, 0.25) is 0 Å². The summed E-state index contributed by atoms with van der Waals surface area (Å²) in [6.07, 6.45) is 2.90. The number of Topliss-reactive ketones (excluding diaryl/α,β-unsaturated/α-hetero) is 3. The molecule has 11 amide bonds. The number of unbranched alkanes of at least 4 members (excludes halogenated alkanes) is 2. The monoisotopic (exact) mass is 1490 g/mol. The normalized spacial score (nSPS) is 16.5. The van der Waals surface area contributed by atoms with Gasteiger partial charge >= 0.3 is 0 Å². The number of carbonyl (C=O) groups excluding carboxylic acids is 14. The van der Waals surface area contributed by atoms with E-state index in [1.807, 2.05) is 103 Å². The minimum absolute atomic E-state index is 0.0105. The van der Waals surface area contributed by atoms with Crippen LogP contribution in [0.1, 0.15) is 144 Å². The predicted molar refractivity (Wildman–Crippen MR) is 406 cm³/mol. The first kappa shape index (κ1) is 84.6. The number of amides is 11. The van der Waals surface area contributed by atoms with E-state index in [-0.39, 0.29) is 62.2 Å². The molecule has 0 unspecified atom stereocenters. The number of ketones is 3. The fraction of sp³-hybridized carbons (Fsp3) is 0.383. The van der Waals surface area contributed by atoms with Gasteiger partial charge in [0.2, 0.25) is 53.2 Å². The Morgan fingerprint density at radius 1 is 0.385 bits per heavy atom. The fourth-order valence-corrected chi connectivity index (χ4v) is 13.6. The molecule has 0 aliphatic carbocycles. The molecule has 6 aromatic rings. The molecule has 19 N–H and O–H groups in total. The molecule has 28 heteroatoms. The maximum Gasteiger partial charge on any atom is 0.254 e. The van der Waals surface area contributed by atoms with Gasteiger partial charge in [0.25, 0.3) is 11.8 Å². The van der Waals surface area contributed by atoms with E-state index in [2.05, 4.69) is 26.9 Å². The van der Waals surface area contributed by atoms with Gasteiger partial charge in [-0.2, -0.15) is 0 Å². The summed E-state index contributed by atoms with van der Waals surface area (Å²) in [6.45, 7) is 4.15. The third-order valence-electron chi connectivity index (χ3n) is 19.6. The highest BCUT2D eigenvalue weighted by Crippen LogP contribution is 2.31. The zero-order valence-electron chi connectivity index (χ0n) is 61.3. The molecule has 0 fully saturated rings. The number of nitrogens with zero attached hydrogens (tertiary/aromatic N) is 3. The Bertz CT molecular complexity index is 4200. The topological polar surface area (TPSA) is 493 Å². The standard InChI is InChI=1S/C28H35N5O5.C28H37N5O4.C25H28N4O5/c29-13-7-6-11-20(27(37)32-22(26(31)36)16-25(30)35)15-24(34)23-14-19-10-4-5-12-21(19)17-33(23)28(38)18-8-2-1-3-9-18;29-13-7-6-11-21(28(37)32-23(27(31)36)16-26(30)35)15-25(34)24-14-20-10-4-5-12-22(20)18-33(24)17-19-8-2-1-3-9-19;1-15(21(30)12-19(23(27)32)13-22(26)31)28-24(33)20-11-17-9-5-6-10-18(17)14-29(20)25(34)16-7-3-2-4-8-16/h1-5,8-10,12,20,22-23H,6-7,11,13-17,29H2,(H2,30,35)(H2,31,36)(H,32,37);1-5,8-10,12,21,23-24H,6-7,11,13-18,29H2,(H2,30,35)(H2,31,36)(H,32,37);2-10,15,19-20H,11-14H2,1H3,(H2,26,31)(H2,27,32)(H,28,33)/t20-,22+,23+;21-,23+,24+;15-,19-,20-/m110/s1. The van der Waals surface area contributed by atoms with Gasteiger partial charge in [0.15, 0.2) is 17.3 Å². The van der Waals surface area contributed by atoms with Crippen LogP contribution in [0.15, 0.2) is 164 Å². The van der Waals surface area contributed by atoms with Gasteiger partial charge in [0, 0.05) is 87.7 Å². The highest BCUT2D eigenvalue weighted by atomic mass is 16.2. The molecular formula is C81H100N14O14. The van der Waals surface area contributed by atoms with Crippen molar-refractivity contribution in [2.75, 3.05) is 13.1 Å². The molecule has 3 heterocycles. The second-order valence-corrected chi connectivity index (χ2v) is 27.7. The van der Waals surface area contributed by atoms with E-state index in [1.54, 1.807) is 59.5 Å². The van der Waals surface area contributed by atoms with Crippen molar-refractivity contribution < 1.29 is 67.1 Å². The van der Waals surface area contributed by atoms with E-state index < -0.39 is 126 Å². The molecule has 0 radical (unpaired) electrons. The average Bonchev–Trinajstić information content (AvgIpc) is 0.778. The lowest BCUT2D eigenvalue weighted by Crippen LogP contribution is -2.55. The summed E-state index contributed by atoms with van der Waals surface area (Å²) < 4.78 is 0. The molecule has 109 heavy (non-hydrogen) atoms. The lowest BCUT2D eigenvalue weighted by atomic mass is 9.86. The number of fused-ring (bicyclic) bond motifs is 3. The van der Waals surface area contributed by atoms with E-state index >= 15 is 0 Å². The number of nitrogens with one attached hydrogen (secondary N) is 3. The summed E-state index contributed by atoms with van der Waals surface area (Å²) >= 11 is 0. The highest BCUT2D eigenvalue weighted by Gasteiger charge is 2.40. The molecule has 28 nitrogen and oxygen atoms in total. The molecular weight excluding hydrogens is 1390 g/mol. The molecule has 3 aliphatic heterocycles. The van der Waals surface area contributed by atoms with Gasteiger partial charge in [-0.25, -0.2) is 0 Å². The van der Waals surface area contributed by atoms with Crippen molar-refractivity contribution in [1.82, 2.24) is 30.7 Å². The van der Waals surface area contributed by atoms with E-state index in [1.165, 1.54) is 17.4 Å². The zero-order chi connectivity index (χ0) is 79.3. The average molecular weight is 1490 g/mol. The Kier molecular flexibility index (Phi) is 32.7. The van der Waals surface area contributed by atoms with Crippen molar-refractivity contribution in [3.05, 3.63) is 214 Å². The van der Waals surface area contributed by atoms with Crippen LogP contribution >= 0.6 is 0 Å². The second kappa shape index (κ2) is 42.1. The van der Waals surface area contributed by atoms with Gasteiger partial charge in [0.1, 0.15) is 18.1 Å². The number of nitrogens with two attached hydrogens (primary N) is 8. The van der Waals surface area contributed by atoms with Crippen LogP contribution in [0, 0.1) is 17.8 Å². The highest BCUT2D eigenvalue weighted by molar-refractivity contribution is 6.01. The smallest absolute Gasteiger partial charge is 0.254 e. The van der Waals surface area contributed by atoms with Crippen molar-refractivity contribution in [1.29, 1.82) is 0 Å². The van der Waals surface area contributed by atoms with Crippen LogP contribution in [0.3, 0.4) is 0 Å². The number of rotatable bonds is 36. The van der Waals surface area contributed by atoms with E-state index in [0.29, 0.717) is 95.1 Å². The summed E-state index contributed by atoms with van der Waals surface area (Å²) in [7, 11) is 0. The molecule has 0 saturated heterocycles. The van der Waals surface area contributed by atoms with E-state index in [9.17, 15) is 67.1 Å². The van der Waals surface area contributed by atoms with Gasteiger partial charge in [0.05, 0.1) is 36.9 Å². The van der Waals surface area contributed by atoms with E-state index in [0.717, 1.165) is 33.4 Å². The molecule has 3 aliphatic rings. The first-order valence-corrected chi connectivity index (χ1v) is 36.5. The SMILES string of the molecule is C[C@H](NC(=O)[C@@H]1Cc2ccccc2CN1C(=O)c1ccccc1)C(=O)C[C@@H](CC(N)=O)C(N)=O.NCCCC[C@H](CC(=O)[C@@H]1Cc2ccccc2CN1C(=O)c1ccccc1)C(=O)N[C@@H](CC(N)=O)C(N)=O.NCCCC[C@H](CC(=O)[C@@H]1Cc2ccccc2CN1Cc1ccccc1)C(=O)N[C@@H](CC(N)=O)C(N)=O. The maximum absolute atomic E-state index is 13.7. The molecule has 0 saturated carbocycles. The summed E-state index contributed by atoms with van der Waals surface area (Å²) in [5, 5.41) is 7.68. The van der Waals surface area contributed by atoms with Crippen LogP contribution in [-0.4, -0.2) is 146 Å². The Balaban J connectivity index is 0.000000228. The summed E-state index contributed by atoms with van der Waals surface area (Å²) in [5.74, 6) is -10.2. The quantitative estimate of drug-likeness (QED) is 0.0252. The van der Waals surface area contributed by atoms with Gasteiger partial charge < -0.3 is 71.6 Å². The third-order valence-corrected chi connectivity index (χ3v) is 19.6. The van der Waals surface area contributed by atoms with Crippen LogP contribution < -0.4 is 61.8 Å². The van der Waals surface area contributed by atoms with Crippen molar-refractivity contribution in [3.63, 3.8) is 0 Å². The molecule has 9 atom stereocenters. The van der Waals surface area contributed by atoms with Crippen LogP contribution in [-0.2, 0) is 103 Å². The summed E-state index contributed by atoms with van der Waals surface area (Å²) in [5.41, 5.74) is 50.9. The number of primary amides is 6. The van der Waals surface area contributed by atoms with Crippen LogP contribution in [0.25, 0.3) is 0 Å². The largest absolute Gasteiger partial charge is 0.370 e. The Labute approximate surface area is 633 Å². The van der Waals surface area contributed by atoms with Crippen LogP contribution in [0.5, 0.6) is 0 Å².